The van der Waals surface area contributed by atoms with Gasteiger partial charge >= 0.3 is 5.97 Å². The van der Waals surface area contributed by atoms with Gasteiger partial charge in [-0.2, -0.15) is 5.10 Å². The molecule has 2 aromatic carbocycles. The molecule has 1 atom stereocenters. The van der Waals surface area contributed by atoms with E-state index in [1.165, 1.54) is 18.3 Å². The summed E-state index contributed by atoms with van der Waals surface area (Å²) in [7, 11) is 0. The first kappa shape index (κ1) is 22.3. The van der Waals surface area contributed by atoms with Gasteiger partial charge in [0.05, 0.1) is 19.2 Å². The number of hydrogen-bond donors (Lipinski definition) is 2. The summed E-state index contributed by atoms with van der Waals surface area (Å²) < 4.78 is 24.4. The maximum atomic E-state index is 13.0. The third-order valence-corrected chi connectivity index (χ3v) is 5.14. The fourth-order valence-electron chi connectivity index (χ4n) is 2.63. The summed E-state index contributed by atoms with van der Waals surface area (Å²) in [5.41, 5.74) is 1.51. The Hall–Kier alpha value is -3.40. The van der Waals surface area contributed by atoms with E-state index < -0.39 is 17.1 Å². The number of carboxylic acids is 1. The quantitative estimate of drug-likeness (QED) is 0.453. The van der Waals surface area contributed by atoms with Gasteiger partial charge in [0.15, 0.2) is 16.7 Å². The number of amides is 1. The highest BCUT2D eigenvalue weighted by atomic mass is 32.2. The molecule has 1 saturated heterocycles. The van der Waals surface area contributed by atoms with Crippen molar-refractivity contribution in [1.82, 2.24) is 5.32 Å². The molecule has 0 unspecified atom stereocenters. The average Bonchev–Trinajstić information content (AvgIpc) is 3.07. The van der Waals surface area contributed by atoms with E-state index in [1.807, 2.05) is 6.92 Å². The zero-order chi connectivity index (χ0) is 22.2. The highest BCUT2D eigenvalue weighted by molar-refractivity contribution is 8.15. The molecular formula is C21H20FN3O5S. The Morgan fingerprint density at radius 1 is 1.23 bits per heavy atom. The van der Waals surface area contributed by atoms with Crippen LogP contribution in [-0.4, -0.2) is 40.2 Å². The second kappa shape index (κ2) is 10.6. The van der Waals surface area contributed by atoms with Crippen LogP contribution in [0.15, 0.2) is 52.7 Å². The number of amidine groups is 1. The van der Waals surface area contributed by atoms with E-state index in [-0.39, 0.29) is 24.0 Å². The maximum Gasteiger partial charge on any atom is 0.305 e. The molecule has 0 aromatic heterocycles. The van der Waals surface area contributed by atoms with E-state index in [1.54, 1.807) is 30.3 Å². The predicted molar refractivity (Wildman–Crippen MR) is 115 cm³/mol. The zero-order valence-corrected chi connectivity index (χ0v) is 17.4. The first-order chi connectivity index (χ1) is 14.9. The summed E-state index contributed by atoms with van der Waals surface area (Å²) >= 11 is 1.03. The molecule has 0 spiro atoms. The van der Waals surface area contributed by atoms with E-state index in [2.05, 4.69) is 15.5 Å². The summed E-state index contributed by atoms with van der Waals surface area (Å²) in [5, 5.41) is 18.7. The Morgan fingerprint density at radius 3 is 2.71 bits per heavy atom. The minimum absolute atomic E-state index is 0.247. The van der Waals surface area contributed by atoms with E-state index in [0.29, 0.717) is 23.7 Å². The van der Waals surface area contributed by atoms with Crippen LogP contribution in [0.2, 0.25) is 0 Å². The van der Waals surface area contributed by atoms with Crippen molar-refractivity contribution in [3.05, 3.63) is 59.4 Å². The lowest BCUT2D eigenvalue weighted by Gasteiger charge is -2.12. The third kappa shape index (κ3) is 6.54. The van der Waals surface area contributed by atoms with Crippen LogP contribution in [-0.2, 0) is 16.2 Å². The average molecular weight is 445 g/mol. The minimum atomic E-state index is -1.05. The summed E-state index contributed by atoms with van der Waals surface area (Å²) in [6, 6.07) is 11.3. The second-order valence-corrected chi connectivity index (χ2v) is 7.59. The second-order valence-electron chi connectivity index (χ2n) is 6.40. The van der Waals surface area contributed by atoms with Crippen molar-refractivity contribution in [3.8, 4) is 11.5 Å². The van der Waals surface area contributed by atoms with Crippen molar-refractivity contribution in [2.24, 2.45) is 10.2 Å². The predicted octanol–water partition coefficient (Wildman–Crippen LogP) is 3.20. The molecule has 3 rings (SSSR count). The fourth-order valence-corrected chi connectivity index (χ4v) is 3.54. The third-order valence-electron chi connectivity index (χ3n) is 4.07. The molecule has 0 aliphatic carbocycles. The highest BCUT2D eigenvalue weighted by Crippen LogP contribution is 2.29. The molecule has 10 heteroatoms. The molecule has 1 aliphatic rings. The van der Waals surface area contributed by atoms with Gasteiger partial charge in [-0.1, -0.05) is 23.9 Å². The van der Waals surface area contributed by atoms with Crippen LogP contribution in [0.4, 0.5) is 4.39 Å². The Morgan fingerprint density at radius 2 is 2.00 bits per heavy atom. The molecule has 1 amide bonds. The molecule has 8 nitrogen and oxygen atoms in total. The molecular weight excluding hydrogens is 425 g/mol. The standard InChI is InChI=1S/C21H20FN3O5S/c1-2-29-17-9-14(5-8-16(17)30-12-13-3-6-15(22)7-4-13)11-23-25-21-24-20(28)18(31-21)10-19(26)27/h3-9,11,18H,2,10,12H2,1H3,(H,26,27)(H,24,25,28)/b23-11-/t18-/m0/s1. The molecule has 0 bridgehead atoms. The van der Waals surface area contributed by atoms with Crippen LogP contribution in [0.3, 0.4) is 0 Å². The molecule has 1 aliphatic heterocycles. The van der Waals surface area contributed by atoms with E-state index in [0.717, 1.165) is 17.3 Å². The number of benzene rings is 2. The highest BCUT2D eigenvalue weighted by Gasteiger charge is 2.32. The Balaban J connectivity index is 1.65. The number of carbonyl (C=O) groups is 2. The van der Waals surface area contributed by atoms with E-state index in [4.69, 9.17) is 14.6 Å². The number of halogens is 1. The Bertz CT molecular complexity index is 1010. The first-order valence-corrected chi connectivity index (χ1v) is 10.3. The van der Waals surface area contributed by atoms with Crippen molar-refractivity contribution in [1.29, 1.82) is 0 Å². The molecule has 31 heavy (non-hydrogen) atoms. The van der Waals surface area contributed by atoms with Gasteiger partial charge in [-0.05, 0) is 48.4 Å². The van der Waals surface area contributed by atoms with Crippen LogP contribution >= 0.6 is 11.8 Å². The monoisotopic (exact) mass is 445 g/mol. The topological polar surface area (TPSA) is 110 Å². The fraction of sp³-hybridized carbons (Fsp3) is 0.238. The molecule has 2 aromatic rings. The lowest BCUT2D eigenvalue weighted by atomic mass is 10.2. The largest absolute Gasteiger partial charge is 0.490 e. The normalized spacial score (nSPS) is 17.2. The molecule has 0 saturated carbocycles. The number of thioether (sulfide) groups is 1. The number of carboxylic acid groups (broad SMARTS) is 1. The summed E-state index contributed by atoms with van der Waals surface area (Å²) in [5.74, 6) is -0.708. The van der Waals surface area contributed by atoms with E-state index >= 15 is 0 Å². The van der Waals surface area contributed by atoms with Gasteiger partial charge in [-0.3, -0.25) is 9.59 Å². The van der Waals surface area contributed by atoms with Crippen LogP contribution in [0.1, 0.15) is 24.5 Å². The number of aliphatic carboxylic acids is 1. The molecule has 1 heterocycles. The van der Waals surface area contributed by atoms with Crippen LogP contribution < -0.4 is 14.8 Å². The molecule has 0 radical (unpaired) electrons. The summed E-state index contributed by atoms with van der Waals surface area (Å²) in [4.78, 5) is 22.5. The smallest absolute Gasteiger partial charge is 0.305 e. The van der Waals surface area contributed by atoms with Gasteiger partial charge in [-0.25, -0.2) is 4.39 Å². The lowest BCUT2D eigenvalue weighted by Crippen LogP contribution is -2.26. The van der Waals surface area contributed by atoms with Crippen molar-refractivity contribution in [3.63, 3.8) is 0 Å². The Kier molecular flexibility index (Phi) is 7.60. The summed E-state index contributed by atoms with van der Waals surface area (Å²) in [6.07, 6.45) is 1.20. The van der Waals surface area contributed by atoms with Crippen molar-refractivity contribution < 1.29 is 28.6 Å². The zero-order valence-electron chi connectivity index (χ0n) is 16.6. The van der Waals surface area contributed by atoms with Gasteiger partial charge in [0.25, 0.3) is 0 Å². The van der Waals surface area contributed by atoms with Gasteiger partial charge in [0.1, 0.15) is 17.7 Å². The number of nitrogens with zero attached hydrogens (tertiary/aromatic N) is 2. The van der Waals surface area contributed by atoms with Crippen molar-refractivity contribution in [2.45, 2.75) is 25.2 Å². The molecule has 162 valence electrons. The number of rotatable bonds is 9. The number of nitrogens with one attached hydrogen (secondary N) is 1. The number of ether oxygens (including phenoxy) is 2. The number of carbonyl (C=O) groups excluding carboxylic acids is 1. The molecule has 2 N–H and O–H groups in total. The van der Waals surface area contributed by atoms with Gasteiger partial charge in [0, 0.05) is 0 Å². The maximum absolute atomic E-state index is 13.0. The molecule has 1 fully saturated rings. The van der Waals surface area contributed by atoms with Crippen LogP contribution in [0.25, 0.3) is 0 Å². The van der Waals surface area contributed by atoms with Crippen molar-refractivity contribution in [2.75, 3.05) is 6.61 Å². The number of hydrogen-bond acceptors (Lipinski definition) is 7. The van der Waals surface area contributed by atoms with Gasteiger partial charge in [0.2, 0.25) is 5.91 Å². The summed E-state index contributed by atoms with van der Waals surface area (Å²) in [6.45, 7) is 2.54. The lowest BCUT2D eigenvalue weighted by molar-refractivity contribution is -0.138. The van der Waals surface area contributed by atoms with Crippen molar-refractivity contribution >= 4 is 35.0 Å². The van der Waals surface area contributed by atoms with E-state index in [9.17, 15) is 14.0 Å². The Labute approximate surface area is 182 Å². The van der Waals surface area contributed by atoms with Crippen LogP contribution in [0.5, 0.6) is 11.5 Å². The van der Waals surface area contributed by atoms with Gasteiger partial charge in [-0.15, -0.1) is 5.10 Å². The first-order valence-electron chi connectivity index (χ1n) is 9.39. The minimum Gasteiger partial charge on any atom is -0.490 e. The SMILES string of the molecule is CCOc1cc(/C=N\N=C2\NC(=O)[C@H](CC(=O)O)S2)ccc1OCc1ccc(F)cc1. The van der Waals surface area contributed by atoms with Gasteiger partial charge < -0.3 is 19.9 Å². The van der Waals surface area contributed by atoms with Crippen LogP contribution in [0, 0.1) is 5.82 Å².